The zero-order chi connectivity index (χ0) is 22.7. The third-order valence-electron chi connectivity index (χ3n) is 5.27. The lowest BCUT2D eigenvalue weighted by molar-refractivity contribution is -0.137. The second kappa shape index (κ2) is 9.33. The lowest BCUT2D eigenvalue weighted by Gasteiger charge is -2.28. The molecular weight excluding hydrogens is 434 g/mol. The standard InChI is InChI=1S/C21H22ClN7O3/c22-16-6-3-7-17(25-16)26-18(30)11-28(13-8-9-24-10-13)19(31)12-29-15-5-2-1-4-14(15)20(27-29)21(23)32/h1-7,13,24H,8-12H2,(H2,23,32)(H,25,26,30). The molecule has 166 valence electrons. The average molecular weight is 456 g/mol. The van der Waals surface area contributed by atoms with Crippen molar-refractivity contribution in [1.82, 2.24) is 25.0 Å². The van der Waals surface area contributed by atoms with Crippen molar-refractivity contribution in [3.8, 4) is 0 Å². The van der Waals surface area contributed by atoms with Gasteiger partial charge in [-0.3, -0.25) is 19.1 Å². The molecule has 0 bridgehead atoms. The molecule has 0 spiro atoms. The normalized spacial score (nSPS) is 15.6. The summed E-state index contributed by atoms with van der Waals surface area (Å²) in [6.45, 7) is 1.05. The molecule has 3 amide bonds. The fraction of sp³-hybridized carbons (Fsp3) is 0.286. The molecule has 2 aromatic heterocycles. The van der Waals surface area contributed by atoms with Crippen LogP contribution in [-0.4, -0.2) is 63.1 Å². The number of anilines is 1. The van der Waals surface area contributed by atoms with E-state index in [1.54, 1.807) is 42.5 Å². The molecule has 0 saturated carbocycles. The lowest BCUT2D eigenvalue weighted by atomic mass is 10.2. The van der Waals surface area contributed by atoms with E-state index in [0.717, 1.165) is 13.0 Å². The third kappa shape index (κ3) is 4.71. The second-order valence-corrected chi connectivity index (χ2v) is 7.84. The first-order chi connectivity index (χ1) is 15.4. The van der Waals surface area contributed by atoms with E-state index in [9.17, 15) is 14.4 Å². The molecule has 3 heterocycles. The van der Waals surface area contributed by atoms with Gasteiger partial charge in [0.2, 0.25) is 11.8 Å². The summed E-state index contributed by atoms with van der Waals surface area (Å²) in [6.07, 6.45) is 0.723. The van der Waals surface area contributed by atoms with Crippen LogP contribution >= 0.6 is 11.6 Å². The van der Waals surface area contributed by atoms with Crippen LogP contribution in [0, 0.1) is 0 Å². The van der Waals surface area contributed by atoms with E-state index in [4.69, 9.17) is 17.3 Å². The molecular formula is C21H22ClN7O3. The van der Waals surface area contributed by atoms with Crippen molar-refractivity contribution in [3.05, 3.63) is 53.3 Å². The summed E-state index contributed by atoms with van der Waals surface area (Å²) in [4.78, 5) is 43.3. The number of carbonyl (C=O) groups excluding carboxylic acids is 3. The molecule has 0 aliphatic carbocycles. The summed E-state index contributed by atoms with van der Waals surface area (Å²) in [6, 6.07) is 11.8. The van der Waals surface area contributed by atoms with Crippen LogP contribution in [0.5, 0.6) is 0 Å². The highest BCUT2D eigenvalue weighted by atomic mass is 35.5. The van der Waals surface area contributed by atoms with E-state index in [2.05, 4.69) is 20.7 Å². The number of para-hydroxylation sites is 1. The monoisotopic (exact) mass is 455 g/mol. The average Bonchev–Trinajstić information content (AvgIpc) is 3.41. The molecule has 1 aromatic carbocycles. The van der Waals surface area contributed by atoms with Gasteiger partial charge in [0, 0.05) is 18.0 Å². The lowest BCUT2D eigenvalue weighted by Crippen LogP contribution is -2.47. The van der Waals surface area contributed by atoms with Gasteiger partial charge in [0.25, 0.3) is 5.91 Å². The van der Waals surface area contributed by atoms with Gasteiger partial charge in [-0.15, -0.1) is 0 Å². The maximum Gasteiger partial charge on any atom is 0.269 e. The quantitative estimate of drug-likeness (QED) is 0.455. The molecule has 1 fully saturated rings. The Morgan fingerprint density at radius 2 is 2.03 bits per heavy atom. The number of amides is 3. The Bertz CT molecular complexity index is 1170. The van der Waals surface area contributed by atoms with Gasteiger partial charge in [0.1, 0.15) is 24.1 Å². The minimum atomic E-state index is -0.669. The molecule has 0 radical (unpaired) electrons. The maximum atomic E-state index is 13.3. The predicted octanol–water partition coefficient (Wildman–Crippen LogP) is 1.01. The number of benzene rings is 1. The molecule has 32 heavy (non-hydrogen) atoms. The second-order valence-electron chi connectivity index (χ2n) is 7.45. The van der Waals surface area contributed by atoms with Crippen LogP contribution in [0.2, 0.25) is 5.15 Å². The zero-order valence-electron chi connectivity index (χ0n) is 17.1. The first-order valence-corrected chi connectivity index (χ1v) is 10.5. The number of pyridine rings is 1. The SMILES string of the molecule is NC(=O)c1nn(CC(=O)N(CC(=O)Nc2cccc(Cl)n2)C2CCNC2)c2ccccc12. The topological polar surface area (TPSA) is 135 Å². The van der Waals surface area contributed by atoms with E-state index in [-0.39, 0.29) is 41.8 Å². The molecule has 10 nitrogen and oxygen atoms in total. The highest BCUT2D eigenvalue weighted by Crippen LogP contribution is 2.19. The van der Waals surface area contributed by atoms with Crippen molar-refractivity contribution in [1.29, 1.82) is 0 Å². The Kier molecular flexibility index (Phi) is 6.33. The molecule has 4 N–H and O–H groups in total. The summed E-state index contributed by atoms with van der Waals surface area (Å²) in [7, 11) is 0. The Morgan fingerprint density at radius 1 is 1.22 bits per heavy atom. The zero-order valence-corrected chi connectivity index (χ0v) is 17.9. The number of halogens is 1. The predicted molar refractivity (Wildman–Crippen MR) is 119 cm³/mol. The van der Waals surface area contributed by atoms with Gasteiger partial charge < -0.3 is 21.3 Å². The highest BCUT2D eigenvalue weighted by Gasteiger charge is 2.29. The number of carbonyl (C=O) groups is 3. The van der Waals surface area contributed by atoms with Crippen LogP contribution in [-0.2, 0) is 16.1 Å². The summed E-state index contributed by atoms with van der Waals surface area (Å²) in [5.74, 6) is -1.04. The fourth-order valence-electron chi connectivity index (χ4n) is 3.79. The van der Waals surface area contributed by atoms with Crippen molar-refractivity contribution in [3.63, 3.8) is 0 Å². The van der Waals surface area contributed by atoms with Crippen LogP contribution in [0.3, 0.4) is 0 Å². The number of hydrogen-bond acceptors (Lipinski definition) is 6. The highest BCUT2D eigenvalue weighted by molar-refractivity contribution is 6.29. The molecule has 1 unspecified atom stereocenters. The number of hydrogen-bond donors (Lipinski definition) is 3. The summed E-state index contributed by atoms with van der Waals surface area (Å²) in [5, 5.41) is 11.0. The minimum Gasteiger partial charge on any atom is -0.364 e. The minimum absolute atomic E-state index is 0.104. The van der Waals surface area contributed by atoms with Crippen LogP contribution < -0.4 is 16.4 Å². The number of fused-ring (bicyclic) bond motifs is 1. The van der Waals surface area contributed by atoms with Crippen LogP contribution in [0.15, 0.2) is 42.5 Å². The van der Waals surface area contributed by atoms with Crippen molar-refractivity contribution >= 4 is 46.0 Å². The first kappa shape index (κ1) is 21.7. The number of nitrogens with two attached hydrogens (primary N) is 1. The summed E-state index contributed by atoms with van der Waals surface area (Å²) in [5.41, 5.74) is 6.17. The molecule has 4 rings (SSSR count). The number of nitrogens with zero attached hydrogens (tertiary/aromatic N) is 4. The van der Waals surface area contributed by atoms with Crippen molar-refractivity contribution in [2.75, 3.05) is 25.0 Å². The number of rotatable bonds is 7. The Hall–Kier alpha value is -3.50. The molecule has 1 saturated heterocycles. The van der Waals surface area contributed by atoms with Crippen molar-refractivity contribution in [2.45, 2.75) is 19.0 Å². The molecule has 11 heteroatoms. The Balaban J connectivity index is 1.54. The molecule has 1 aliphatic rings. The Morgan fingerprint density at radius 3 is 2.75 bits per heavy atom. The Labute approximate surface area is 188 Å². The van der Waals surface area contributed by atoms with Gasteiger partial charge in [-0.1, -0.05) is 35.9 Å². The molecule has 1 atom stereocenters. The van der Waals surface area contributed by atoms with Crippen molar-refractivity contribution < 1.29 is 14.4 Å². The van der Waals surface area contributed by atoms with Gasteiger partial charge in [-0.25, -0.2) is 4.98 Å². The summed E-state index contributed by atoms with van der Waals surface area (Å²) >= 11 is 5.87. The summed E-state index contributed by atoms with van der Waals surface area (Å²) < 4.78 is 1.45. The number of aromatic nitrogens is 3. The number of nitrogens with one attached hydrogen (secondary N) is 2. The third-order valence-corrected chi connectivity index (χ3v) is 5.48. The van der Waals surface area contributed by atoms with E-state index in [0.29, 0.717) is 23.3 Å². The molecule has 3 aromatic rings. The molecule has 1 aliphatic heterocycles. The van der Waals surface area contributed by atoms with Crippen LogP contribution in [0.1, 0.15) is 16.9 Å². The van der Waals surface area contributed by atoms with Gasteiger partial charge in [0.15, 0.2) is 5.69 Å². The van der Waals surface area contributed by atoms with E-state index in [1.807, 2.05) is 0 Å². The van der Waals surface area contributed by atoms with Gasteiger partial charge in [-0.2, -0.15) is 5.10 Å². The van der Waals surface area contributed by atoms with Crippen LogP contribution in [0.4, 0.5) is 5.82 Å². The van der Waals surface area contributed by atoms with E-state index < -0.39 is 5.91 Å². The van der Waals surface area contributed by atoms with Crippen molar-refractivity contribution in [2.24, 2.45) is 5.73 Å². The largest absolute Gasteiger partial charge is 0.364 e. The first-order valence-electron chi connectivity index (χ1n) is 10.1. The smallest absolute Gasteiger partial charge is 0.269 e. The van der Waals surface area contributed by atoms with Crippen LogP contribution in [0.25, 0.3) is 10.9 Å². The van der Waals surface area contributed by atoms with Gasteiger partial charge in [-0.05, 0) is 31.2 Å². The number of primary amides is 1. The van der Waals surface area contributed by atoms with Gasteiger partial charge >= 0.3 is 0 Å². The maximum absolute atomic E-state index is 13.3. The van der Waals surface area contributed by atoms with E-state index >= 15 is 0 Å². The van der Waals surface area contributed by atoms with Gasteiger partial charge in [0.05, 0.1) is 5.52 Å². The fourth-order valence-corrected chi connectivity index (χ4v) is 3.95. The van der Waals surface area contributed by atoms with E-state index in [1.165, 1.54) is 9.58 Å².